The lowest BCUT2D eigenvalue weighted by atomic mass is 10.1. The third kappa shape index (κ3) is 3.52. The lowest BCUT2D eigenvalue weighted by molar-refractivity contribution is 0.0956. The minimum absolute atomic E-state index is 0.215. The Hall–Kier alpha value is -2.95. The topological polar surface area (TPSA) is 67.5 Å². The van der Waals surface area contributed by atoms with Crippen molar-refractivity contribution in [1.29, 1.82) is 0 Å². The Morgan fingerprint density at radius 1 is 1.04 bits per heavy atom. The standard InChI is InChI=1S/C21H21N3O2/c25-21(24-23-15-8-3-1-2-4-9-15)17-14-19(20-12-7-13-26-20)22-18-11-6-5-10-16(17)18/h5-7,10-14H,1-4,8-9H2,(H,24,25). The number of para-hydroxylation sites is 1. The SMILES string of the molecule is O=C(NN=C1CCCCCC1)c1cc(-c2ccco2)nc2ccccc12. The number of fused-ring (bicyclic) bond motifs is 1. The highest BCUT2D eigenvalue weighted by Gasteiger charge is 2.15. The van der Waals surface area contributed by atoms with E-state index in [9.17, 15) is 4.79 Å². The van der Waals surface area contributed by atoms with Gasteiger partial charge in [-0.15, -0.1) is 0 Å². The Bertz CT molecular complexity index is 935. The average Bonchev–Trinajstić information content (AvgIpc) is 3.09. The number of carbonyl (C=O) groups excluding carboxylic acids is 1. The molecule has 2 heterocycles. The molecule has 1 amide bonds. The first-order valence-corrected chi connectivity index (χ1v) is 9.11. The van der Waals surface area contributed by atoms with Crippen LogP contribution < -0.4 is 5.43 Å². The summed E-state index contributed by atoms with van der Waals surface area (Å²) in [7, 11) is 0. The van der Waals surface area contributed by atoms with Gasteiger partial charge in [0, 0.05) is 11.1 Å². The molecule has 4 rings (SSSR count). The van der Waals surface area contributed by atoms with Crippen LogP contribution in [0.5, 0.6) is 0 Å². The van der Waals surface area contributed by atoms with Crippen LogP contribution in [0, 0.1) is 0 Å². The molecular formula is C21H21N3O2. The highest BCUT2D eigenvalue weighted by molar-refractivity contribution is 6.07. The number of furan rings is 1. The Balaban J connectivity index is 1.68. The first kappa shape index (κ1) is 16.5. The third-order valence-electron chi connectivity index (χ3n) is 4.73. The van der Waals surface area contributed by atoms with Crippen molar-refractivity contribution in [3.05, 3.63) is 54.3 Å². The quantitative estimate of drug-likeness (QED) is 0.539. The molecule has 5 heteroatoms. The molecule has 1 N–H and O–H groups in total. The van der Waals surface area contributed by atoms with Gasteiger partial charge in [-0.05, 0) is 49.9 Å². The summed E-state index contributed by atoms with van der Waals surface area (Å²) < 4.78 is 5.45. The monoisotopic (exact) mass is 347 g/mol. The smallest absolute Gasteiger partial charge is 0.272 e. The fourth-order valence-electron chi connectivity index (χ4n) is 3.35. The molecule has 0 atom stereocenters. The van der Waals surface area contributed by atoms with E-state index in [0.717, 1.165) is 42.3 Å². The summed E-state index contributed by atoms with van der Waals surface area (Å²) in [6.45, 7) is 0. The number of nitrogens with zero attached hydrogens (tertiary/aromatic N) is 2. The van der Waals surface area contributed by atoms with Gasteiger partial charge < -0.3 is 4.42 Å². The summed E-state index contributed by atoms with van der Waals surface area (Å²) in [6.07, 6.45) is 8.32. The maximum Gasteiger partial charge on any atom is 0.272 e. The zero-order valence-electron chi connectivity index (χ0n) is 14.6. The lowest BCUT2D eigenvalue weighted by Gasteiger charge is -2.08. The van der Waals surface area contributed by atoms with Crippen LogP contribution in [0.3, 0.4) is 0 Å². The van der Waals surface area contributed by atoms with Gasteiger partial charge in [-0.3, -0.25) is 4.79 Å². The number of hydrogen-bond donors (Lipinski definition) is 1. The summed E-state index contributed by atoms with van der Waals surface area (Å²) in [5, 5.41) is 5.20. The summed E-state index contributed by atoms with van der Waals surface area (Å²) in [5.41, 5.74) is 5.79. The molecule has 1 aliphatic carbocycles. The number of nitrogens with one attached hydrogen (secondary N) is 1. The van der Waals surface area contributed by atoms with Crippen LogP contribution in [-0.2, 0) is 0 Å². The number of rotatable bonds is 3. The Morgan fingerprint density at radius 2 is 1.85 bits per heavy atom. The second kappa shape index (κ2) is 7.52. The van der Waals surface area contributed by atoms with Gasteiger partial charge in [0.2, 0.25) is 0 Å². The molecule has 26 heavy (non-hydrogen) atoms. The van der Waals surface area contributed by atoms with Gasteiger partial charge in [-0.2, -0.15) is 5.10 Å². The molecule has 0 saturated heterocycles. The van der Waals surface area contributed by atoms with Crippen molar-refractivity contribution in [1.82, 2.24) is 10.4 Å². The Morgan fingerprint density at radius 3 is 2.62 bits per heavy atom. The van der Waals surface area contributed by atoms with E-state index in [2.05, 4.69) is 15.5 Å². The average molecular weight is 347 g/mol. The summed E-state index contributed by atoms with van der Waals surface area (Å²) in [6, 6.07) is 13.0. The zero-order chi connectivity index (χ0) is 17.8. The van der Waals surface area contributed by atoms with Crippen LogP contribution >= 0.6 is 0 Å². The number of aromatic nitrogens is 1. The van der Waals surface area contributed by atoms with Gasteiger partial charge in [-0.25, -0.2) is 10.4 Å². The van der Waals surface area contributed by atoms with Crippen LogP contribution in [0.15, 0.2) is 58.2 Å². The van der Waals surface area contributed by atoms with Crippen molar-refractivity contribution in [2.45, 2.75) is 38.5 Å². The molecule has 1 aliphatic rings. The van der Waals surface area contributed by atoms with E-state index >= 15 is 0 Å². The molecule has 3 aromatic rings. The van der Waals surface area contributed by atoms with Crippen LogP contribution in [-0.4, -0.2) is 16.6 Å². The van der Waals surface area contributed by atoms with Gasteiger partial charge in [0.1, 0.15) is 5.69 Å². The van der Waals surface area contributed by atoms with E-state index in [1.54, 1.807) is 12.3 Å². The fourth-order valence-corrected chi connectivity index (χ4v) is 3.35. The van der Waals surface area contributed by atoms with E-state index in [4.69, 9.17) is 4.42 Å². The van der Waals surface area contributed by atoms with Crippen molar-refractivity contribution >= 4 is 22.5 Å². The largest absolute Gasteiger partial charge is 0.463 e. The first-order valence-electron chi connectivity index (χ1n) is 9.11. The van der Waals surface area contributed by atoms with Gasteiger partial charge in [-0.1, -0.05) is 31.0 Å². The van der Waals surface area contributed by atoms with E-state index in [1.807, 2.05) is 36.4 Å². The lowest BCUT2D eigenvalue weighted by Crippen LogP contribution is -2.20. The number of amides is 1. The van der Waals surface area contributed by atoms with Crippen LogP contribution in [0.1, 0.15) is 48.9 Å². The van der Waals surface area contributed by atoms with Crippen molar-refractivity contribution in [2.24, 2.45) is 5.10 Å². The highest BCUT2D eigenvalue weighted by Crippen LogP contribution is 2.25. The maximum absolute atomic E-state index is 12.8. The van der Waals surface area contributed by atoms with Crippen LogP contribution in [0.25, 0.3) is 22.4 Å². The normalized spacial score (nSPS) is 14.8. The molecular weight excluding hydrogens is 326 g/mol. The van der Waals surface area contributed by atoms with E-state index in [-0.39, 0.29) is 5.91 Å². The number of hydrazone groups is 1. The first-order chi connectivity index (χ1) is 12.8. The van der Waals surface area contributed by atoms with Gasteiger partial charge in [0.15, 0.2) is 5.76 Å². The predicted molar refractivity (Wildman–Crippen MR) is 102 cm³/mol. The number of carbonyl (C=O) groups is 1. The third-order valence-corrected chi connectivity index (χ3v) is 4.73. The molecule has 5 nitrogen and oxygen atoms in total. The maximum atomic E-state index is 12.8. The predicted octanol–water partition coefficient (Wildman–Crippen LogP) is 4.93. The zero-order valence-corrected chi connectivity index (χ0v) is 14.6. The van der Waals surface area contributed by atoms with E-state index in [0.29, 0.717) is 17.0 Å². The second-order valence-electron chi connectivity index (χ2n) is 6.58. The molecule has 0 unspecified atom stereocenters. The Kier molecular flexibility index (Phi) is 4.78. The number of pyridine rings is 1. The molecule has 1 aromatic carbocycles. The molecule has 132 valence electrons. The molecule has 0 spiro atoms. The molecule has 0 bridgehead atoms. The molecule has 1 saturated carbocycles. The van der Waals surface area contributed by atoms with Crippen molar-refractivity contribution in [3.63, 3.8) is 0 Å². The van der Waals surface area contributed by atoms with Crippen molar-refractivity contribution < 1.29 is 9.21 Å². The van der Waals surface area contributed by atoms with Gasteiger partial charge in [0.05, 0.1) is 17.3 Å². The van der Waals surface area contributed by atoms with E-state index < -0.39 is 0 Å². The van der Waals surface area contributed by atoms with Crippen LogP contribution in [0.2, 0.25) is 0 Å². The molecule has 2 aromatic heterocycles. The molecule has 1 fully saturated rings. The molecule has 0 radical (unpaired) electrons. The van der Waals surface area contributed by atoms with Gasteiger partial charge >= 0.3 is 0 Å². The highest BCUT2D eigenvalue weighted by atomic mass is 16.3. The minimum Gasteiger partial charge on any atom is -0.463 e. The Labute approximate surface area is 152 Å². The van der Waals surface area contributed by atoms with E-state index in [1.165, 1.54) is 12.8 Å². The van der Waals surface area contributed by atoms with Crippen molar-refractivity contribution in [2.75, 3.05) is 0 Å². The second-order valence-corrected chi connectivity index (χ2v) is 6.58. The van der Waals surface area contributed by atoms with Crippen molar-refractivity contribution in [3.8, 4) is 11.5 Å². The summed E-state index contributed by atoms with van der Waals surface area (Å²) in [4.78, 5) is 17.4. The number of hydrogen-bond acceptors (Lipinski definition) is 4. The fraction of sp³-hybridized carbons (Fsp3) is 0.286. The molecule has 0 aliphatic heterocycles. The summed E-state index contributed by atoms with van der Waals surface area (Å²) >= 11 is 0. The van der Waals surface area contributed by atoms with Gasteiger partial charge in [0.25, 0.3) is 5.91 Å². The van der Waals surface area contributed by atoms with Crippen LogP contribution in [0.4, 0.5) is 0 Å². The summed E-state index contributed by atoms with van der Waals surface area (Å²) in [5.74, 6) is 0.424. The number of benzene rings is 1. The minimum atomic E-state index is -0.215.